The van der Waals surface area contributed by atoms with Gasteiger partial charge in [0.15, 0.2) is 0 Å². The van der Waals surface area contributed by atoms with Crippen LogP contribution in [-0.4, -0.2) is 50.1 Å². The van der Waals surface area contributed by atoms with E-state index in [1.807, 2.05) is 13.8 Å². The monoisotopic (exact) mass is 305 g/mol. The molecule has 0 aromatic heterocycles. The maximum absolute atomic E-state index is 12.3. The lowest BCUT2D eigenvalue weighted by Gasteiger charge is -2.35. The van der Waals surface area contributed by atoms with Crippen molar-refractivity contribution in [3.63, 3.8) is 0 Å². The molecule has 0 aromatic carbocycles. The van der Waals surface area contributed by atoms with Crippen molar-refractivity contribution in [1.29, 1.82) is 0 Å². The van der Waals surface area contributed by atoms with Crippen LogP contribution in [0, 0.1) is 5.92 Å². The second-order valence-corrected chi connectivity index (χ2v) is 7.60. The summed E-state index contributed by atoms with van der Waals surface area (Å²) < 4.78 is 24.3. The molecule has 1 heterocycles. The van der Waals surface area contributed by atoms with E-state index < -0.39 is 10.0 Å². The third kappa shape index (κ3) is 4.17. The van der Waals surface area contributed by atoms with Crippen molar-refractivity contribution in [3.8, 4) is 0 Å². The van der Waals surface area contributed by atoms with Crippen LogP contribution in [0.1, 0.15) is 39.5 Å². The standard InChI is InChI=1S/C13H27N3O3S/c1-4-13(5-2,10-14)15-12(17)11-6-8-16(9-7-11)20(3,18)19/h11H,4-10,14H2,1-3H3,(H,15,17). The number of nitrogens with zero attached hydrogens (tertiary/aromatic N) is 1. The molecule has 20 heavy (non-hydrogen) atoms. The minimum atomic E-state index is -3.14. The molecular formula is C13H27N3O3S. The van der Waals surface area contributed by atoms with E-state index in [1.165, 1.54) is 10.6 Å². The zero-order valence-corrected chi connectivity index (χ0v) is 13.5. The maximum Gasteiger partial charge on any atom is 0.223 e. The van der Waals surface area contributed by atoms with Crippen LogP contribution in [0.15, 0.2) is 0 Å². The summed E-state index contributed by atoms with van der Waals surface area (Å²) in [6, 6.07) is 0. The average molecular weight is 305 g/mol. The van der Waals surface area contributed by atoms with E-state index in [9.17, 15) is 13.2 Å². The number of hydrogen-bond donors (Lipinski definition) is 2. The number of amides is 1. The Morgan fingerprint density at radius 2 is 1.80 bits per heavy atom. The molecule has 0 atom stereocenters. The van der Waals surface area contributed by atoms with Gasteiger partial charge in [0.2, 0.25) is 15.9 Å². The van der Waals surface area contributed by atoms with E-state index in [1.54, 1.807) is 0 Å². The van der Waals surface area contributed by atoms with Gasteiger partial charge in [-0.25, -0.2) is 12.7 Å². The Labute approximate surface area is 122 Å². The number of hydrogen-bond acceptors (Lipinski definition) is 4. The van der Waals surface area contributed by atoms with Gasteiger partial charge in [-0.1, -0.05) is 13.8 Å². The van der Waals surface area contributed by atoms with Crippen LogP contribution in [0.2, 0.25) is 0 Å². The predicted octanol–water partition coefficient (Wildman–Crippen LogP) is 0.292. The van der Waals surface area contributed by atoms with Crippen LogP contribution in [0.4, 0.5) is 0 Å². The van der Waals surface area contributed by atoms with Crippen molar-refractivity contribution in [1.82, 2.24) is 9.62 Å². The lowest BCUT2D eigenvalue weighted by Crippen LogP contribution is -2.55. The van der Waals surface area contributed by atoms with E-state index in [2.05, 4.69) is 5.32 Å². The van der Waals surface area contributed by atoms with Crippen LogP contribution in [0.3, 0.4) is 0 Å². The first-order valence-electron chi connectivity index (χ1n) is 7.25. The van der Waals surface area contributed by atoms with Crippen molar-refractivity contribution in [2.45, 2.75) is 45.1 Å². The van der Waals surface area contributed by atoms with E-state index >= 15 is 0 Å². The van der Waals surface area contributed by atoms with Crippen molar-refractivity contribution in [3.05, 3.63) is 0 Å². The molecule has 0 spiro atoms. The molecule has 3 N–H and O–H groups in total. The molecule has 1 aliphatic rings. The van der Waals surface area contributed by atoms with Crippen LogP contribution < -0.4 is 11.1 Å². The lowest BCUT2D eigenvalue weighted by atomic mass is 9.90. The summed E-state index contributed by atoms with van der Waals surface area (Å²) in [5.41, 5.74) is 5.46. The van der Waals surface area contributed by atoms with Gasteiger partial charge >= 0.3 is 0 Å². The number of nitrogens with one attached hydrogen (secondary N) is 1. The highest BCUT2D eigenvalue weighted by Gasteiger charge is 2.33. The second-order valence-electron chi connectivity index (χ2n) is 5.62. The Morgan fingerprint density at radius 3 is 2.15 bits per heavy atom. The van der Waals surface area contributed by atoms with Crippen molar-refractivity contribution >= 4 is 15.9 Å². The topological polar surface area (TPSA) is 92.5 Å². The number of carbonyl (C=O) groups is 1. The Balaban J connectivity index is 2.59. The highest BCUT2D eigenvalue weighted by molar-refractivity contribution is 7.88. The van der Waals surface area contributed by atoms with Gasteiger partial charge in [0.05, 0.1) is 11.8 Å². The molecular weight excluding hydrogens is 278 g/mol. The third-order valence-electron chi connectivity index (χ3n) is 4.43. The summed E-state index contributed by atoms with van der Waals surface area (Å²) >= 11 is 0. The fraction of sp³-hybridized carbons (Fsp3) is 0.923. The molecule has 0 unspecified atom stereocenters. The highest BCUT2D eigenvalue weighted by Crippen LogP contribution is 2.21. The lowest BCUT2D eigenvalue weighted by molar-refractivity contribution is -0.128. The van der Waals surface area contributed by atoms with Crippen molar-refractivity contribution in [2.24, 2.45) is 11.7 Å². The van der Waals surface area contributed by atoms with Gasteiger partial charge in [-0.2, -0.15) is 0 Å². The molecule has 0 saturated carbocycles. The fourth-order valence-electron chi connectivity index (χ4n) is 2.58. The summed E-state index contributed by atoms with van der Waals surface area (Å²) in [5, 5.41) is 3.07. The van der Waals surface area contributed by atoms with E-state index in [0.29, 0.717) is 32.5 Å². The third-order valence-corrected chi connectivity index (χ3v) is 5.73. The normalized spacial score (nSPS) is 19.0. The maximum atomic E-state index is 12.3. The molecule has 1 amide bonds. The number of piperidine rings is 1. The minimum Gasteiger partial charge on any atom is -0.349 e. The largest absolute Gasteiger partial charge is 0.349 e. The smallest absolute Gasteiger partial charge is 0.223 e. The molecule has 0 aromatic rings. The van der Waals surface area contributed by atoms with Crippen LogP contribution >= 0.6 is 0 Å². The molecule has 1 aliphatic heterocycles. The number of rotatable bonds is 6. The quantitative estimate of drug-likeness (QED) is 0.738. The molecule has 7 heteroatoms. The van der Waals surface area contributed by atoms with Crippen LogP contribution in [0.25, 0.3) is 0 Å². The van der Waals surface area contributed by atoms with E-state index in [4.69, 9.17) is 5.73 Å². The Morgan fingerprint density at radius 1 is 1.30 bits per heavy atom. The van der Waals surface area contributed by atoms with Gasteiger partial charge in [0, 0.05) is 25.6 Å². The average Bonchev–Trinajstić information content (AvgIpc) is 2.44. The van der Waals surface area contributed by atoms with Crippen molar-refractivity contribution in [2.75, 3.05) is 25.9 Å². The molecule has 1 fully saturated rings. The highest BCUT2D eigenvalue weighted by atomic mass is 32.2. The number of sulfonamides is 1. The van der Waals surface area contributed by atoms with Gasteiger partial charge < -0.3 is 11.1 Å². The molecule has 0 bridgehead atoms. The van der Waals surface area contributed by atoms with Crippen molar-refractivity contribution < 1.29 is 13.2 Å². The van der Waals surface area contributed by atoms with Gasteiger partial charge in [-0.15, -0.1) is 0 Å². The summed E-state index contributed by atoms with van der Waals surface area (Å²) in [6.45, 7) is 5.30. The first-order valence-corrected chi connectivity index (χ1v) is 9.10. The summed E-state index contributed by atoms with van der Waals surface area (Å²) in [6.07, 6.45) is 3.96. The van der Waals surface area contributed by atoms with E-state index in [-0.39, 0.29) is 17.4 Å². The second kappa shape index (κ2) is 6.87. The number of carbonyl (C=O) groups excluding carboxylic acids is 1. The van der Waals surface area contributed by atoms with Crippen LogP contribution in [-0.2, 0) is 14.8 Å². The number of nitrogens with two attached hydrogens (primary N) is 1. The van der Waals surface area contributed by atoms with Gasteiger partial charge in [-0.3, -0.25) is 4.79 Å². The molecule has 1 saturated heterocycles. The van der Waals surface area contributed by atoms with Gasteiger partial charge in [0.25, 0.3) is 0 Å². The minimum absolute atomic E-state index is 0.00676. The van der Waals surface area contributed by atoms with E-state index in [0.717, 1.165) is 12.8 Å². The molecule has 0 radical (unpaired) electrons. The first kappa shape index (κ1) is 17.4. The Kier molecular flexibility index (Phi) is 5.97. The predicted molar refractivity (Wildman–Crippen MR) is 79.7 cm³/mol. The van der Waals surface area contributed by atoms with Gasteiger partial charge in [-0.05, 0) is 25.7 Å². The van der Waals surface area contributed by atoms with Gasteiger partial charge in [0.1, 0.15) is 0 Å². The summed E-state index contributed by atoms with van der Waals surface area (Å²) in [4.78, 5) is 12.3. The fourth-order valence-corrected chi connectivity index (χ4v) is 3.45. The SMILES string of the molecule is CCC(CC)(CN)NC(=O)C1CCN(S(C)(=O)=O)CC1. The Hall–Kier alpha value is -0.660. The molecule has 0 aliphatic carbocycles. The Bertz CT molecular complexity index is 416. The molecule has 6 nitrogen and oxygen atoms in total. The summed E-state index contributed by atoms with van der Waals surface area (Å²) in [7, 11) is -3.14. The molecule has 1 rings (SSSR count). The molecule has 118 valence electrons. The first-order chi connectivity index (χ1) is 9.28. The summed E-state index contributed by atoms with van der Waals surface area (Å²) in [5.74, 6) is -0.107. The zero-order chi connectivity index (χ0) is 15.4. The zero-order valence-electron chi connectivity index (χ0n) is 12.7. The van der Waals surface area contributed by atoms with Crippen LogP contribution in [0.5, 0.6) is 0 Å².